The standard InChI is InChI=1S/C21H25F2N3O4/c1-5-26(6-2)16-9-7-15(8-10-16)20(27)25-24-13-14-11-17(28-3)19(30-21(22)23)18(12-14)29-4/h7-13,21H,5-6H2,1-4H3,(H,25,27)/b24-13-. The Hall–Kier alpha value is -3.36. The molecule has 2 rings (SSSR count). The van der Waals surface area contributed by atoms with Crippen LogP contribution in [0.2, 0.25) is 0 Å². The topological polar surface area (TPSA) is 72.4 Å². The Labute approximate surface area is 174 Å². The third-order valence-corrected chi connectivity index (χ3v) is 4.33. The minimum Gasteiger partial charge on any atom is -0.493 e. The van der Waals surface area contributed by atoms with Crippen molar-refractivity contribution in [2.24, 2.45) is 5.10 Å². The van der Waals surface area contributed by atoms with Gasteiger partial charge in [-0.25, -0.2) is 5.43 Å². The summed E-state index contributed by atoms with van der Waals surface area (Å²) in [6.07, 6.45) is 1.35. The van der Waals surface area contributed by atoms with Gasteiger partial charge in [-0.15, -0.1) is 0 Å². The molecule has 0 saturated heterocycles. The van der Waals surface area contributed by atoms with E-state index in [1.165, 1.54) is 32.6 Å². The summed E-state index contributed by atoms with van der Waals surface area (Å²) in [5, 5.41) is 3.91. The smallest absolute Gasteiger partial charge is 0.387 e. The van der Waals surface area contributed by atoms with E-state index in [1.807, 2.05) is 12.1 Å². The Morgan fingerprint density at radius 2 is 1.67 bits per heavy atom. The van der Waals surface area contributed by atoms with Crippen LogP contribution >= 0.6 is 0 Å². The zero-order valence-corrected chi connectivity index (χ0v) is 17.3. The molecule has 1 amide bonds. The first kappa shape index (κ1) is 22.9. The fourth-order valence-corrected chi connectivity index (χ4v) is 2.82. The van der Waals surface area contributed by atoms with Crippen LogP contribution in [0.1, 0.15) is 29.8 Å². The van der Waals surface area contributed by atoms with E-state index in [2.05, 4.69) is 34.0 Å². The number of hydrazone groups is 1. The van der Waals surface area contributed by atoms with Crippen LogP contribution in [-0.2, 0) is 0 Å². The molecule has 0 unspecified atom stereocenters. The molecule has 30 heavy (non-hydrogen) atoms. The molecule has 2 aromatic rings. The molecular weight excluding hydrogens is 396 g/mol. The van der Waals surface area contributed by atoms with Gasteiger partial charge in [-0.1, -0.05) is 0 Å². The van der Waals surface area contributed by atoms with Crippen LogP contribution < -0.4 is 24.5 Å². The van der Waals surface area contributed by atoms with Crippen LogP contribution in [-0.4, -0.2) is 46.0 Å². The molecule has 1 N–H and O–H groups in total. The number of benzene rings is 2. The van der Waals surface area contributed by atoms with Crippen molar-refractivity contribution in [3.8, 4) is 17.2 Å². The Morgan fingerprint density at radius 3 is 2.13 bits per heavy atom. The van der Waals surface area contributed by atoms with E-state index in [1.54, 1.807) is 12.1 Å². The van der Waals surface area contributed by atoms with Gasteiger partial charge in [0.05, 0.1) is 20.4 Å². The first-order chi connectivity index (χ1) is 14.4. The Bertz CT molecular complexity index is 844. The van der Waals surface area contributed by atoms with Crippen molar-refractivity contribution in [1.82, 2.24) is 5.43 Å². The summed E-state index contributed by atoms with van der Waals surface area (Å²) < 4.78 is 39.8. The van der Waals surface area contributed by atoms with Crippen LogP contribution in [0.4, 0.5) is 14.5 Å². The first-order valence-corrected chi connectivity index (χ1v) is 9.32. The molecule has 0 atom stereocenters. The Morgan fingerprint density at radius 1 is 1.10 bits per heavy atom. The van der Waals surface area contributed by atoms with Gasteiger partial charge in [-0.3, -0.25) is 4.79 Å². The van der Waals surface area contributed by atoms with Crippen LogP contribution in [0.3, 0.4) is 0 Å². The highest BCUT2D eigenvalue weighted by molar-refractivity contribution is 5.95. The van der Waals surface area contributed by atoms with E-state index in [0.29, 0.717) is 11.1 Å². The van der Waals surface area contributed by atoms with E-state index >= 15 is 0 Å². The lowest BCUT2D eigenvalue weighted by molar-refractivity contribution is -0.0526. The summed E-state index contributed by atoms with van der Waals surface area (Å²) >= 11 is 0. The monoisotopic (exact) mass is 421 g/mol. The second-order valence-corrected chi connectivity index (χ2v) is 6.05. The van der Waals surface area contributed by atoms with Crippen molar-refractivity contribution < 1.29 is 27.8 Å². The Balaban J connectivity index is 2.11. The number of nitrogens with one attached hydrogen (secondary N) is 1. The van der Waals surface area contributed by atoms with Gasteiger partial charge in [-0.2, -0.15) is 13.9 Å². The van der Waals surface area contributed by atoms with Crippen molar-refractivity contribution >= 4 is 17.8 Å². The quantitative estimate of drug-likeness (QED) is 0.465. The summed E-state index contributed by atoms with van der Waals surface area (Å²) in [6.45, 7) is 2.85. The maximum atomic E-state index is 12.6. The van der Waals surface area contributed by atoms with Gasteiger partial charge in [0.1, 0.15) is 0 Å². The molecule has 0 aromatic heterocycles. The number of alkyl halides is 2. The second-order valence-electron chi connectivity index (χ2n) is 6.05. The van der Waals surface area contributed by atoms with E-state index in [4.69, 9.17) is 9.47 Å². The van der Waals surface area contributed by atoms with Crippen LogP contribution in [0, 0.1) is 0 Å². The minimum atomic E-state index is -3.03. The molecule has 162 valence electrons. The summed E-state index contributed by atoms with van der Waals surface area (Å²) in [5.74, 6) is -0.498. The normalized spacial score (nSPS) is 10.9. The average molecular weight is 421 g/mol. The molecule has 9 heteroatoms. The number of halogens is 2. The highest BCUT2D eigenvalue weighted by atomic mass is 19.3. The number of rotatable bonds is 10. The molecule has 0 aliphatic carbocycles. The van der Waals surface area contributed by atoms with E-state index < -0.39 is 6.61 Å². The highest BCUT2D eigenvalue weighted by Gasteiger charge is 2.17. The number of anilines is 1. The summed E-state index contributed by atoms with van der Waals surface area (Å²) in [6, 6.07) is 10.1. The molecule has 2 aromatic carbocycles. The van der Waals surface area contributed by atoms with Crippen molar-refractivity contribution in [3.05, 3.63) is 47.5 Å². The zero-order chi connectivity index (χ0) is 22.1. The van der Waals surface area contributed by atoms with Gasteiger partial charge in [0.2, 0.25) is 5.75 Å². The molecule has 0 spiro atoms. The van der Waals surface area contributed by atoms with Crippen molar-refractivity contribution in [2.75, 3.05) is 32.2 Å². The van der Waals surface area contributed by atoms with E-state index in [9.17, 15) is 13.6 Å². The number of carbonyl (C=O) groups excluding carboxylic acids is 1. The van der Waals surface area contributed by atoms with Gasteiger partial charge in [0.15, 0.2) is 11.5 Å². The van der Waals surface area contributed by atoms with Gasteiger partial charge in [0, 0.05) is 29.9 Å². The number of hydrogen-bond donors (Lipinski definition) is 1. The maximum Gasteiger partial charge on any atom is 0.387 e. The van der Waals surface area contributed by atoms with Crippen LogP contribution in [0.25, 0.3) is 0 Å². The van der Waals surface area contributed by atoms with Crippen molar-refractivity contribution in [3.63, 3.8) is 0 Å². The summed E-state index contributed by atoms with van der Waals surface area (Å²) in [5.41, 5.74) is 4.38. The molecule has 0 saturated carbocycles. The van der Waals surface area contributed by atoms with Gasteiger partial charge < -0.3 is 19.1 Å². The van der Waals surface area contributed by atoms with Crippen molar-refractivity contribution in [2.45, 2.75) is 20.5 Å². The van der Waals surface area contributed by atoms with Gasteiger partial charge in [-0.05, 0) is 50.2 Å². The lowest BCUT2D eigenvalue weighted by atomic mass is 10.2. The minimum absolute atomic E-state index is 0.0504. The number of hydrogen-bond acceptors (Lipinski definition) is 6. The highest BCUT2D eigenvalue weighted by Crippen LogP contribution is 2.39. The summed E-state index contributed by atoms with van der Waals surface area (Å²) in [4.78, 5) is 14.5. The molecule has 0 bridgehead atoms. The van der Waals surface area contributed by atoms with Gasteiger partial charge >= 0.3 is 6.61 Å². The fourth-order valence-electron chi connectivity index (χ4n) is 2.82. The Kier molecular flexibility index (Phi) is 8.40. The molecule has 0 radical (unpaired) electrons. The molecule has 7 nitrogen and oxygen atoms in total. The number of amides is 1. The predicted octanol–water partition coefficient (Wildman–Crippen LogP) is 3.92. The lowest BCUT2D eigenvalue weighted by Gasteiger charge is -2.20. The number of nitrogens with zero attached hydrogens (tertiary/aromatic N) is 2. The predicted molar refractivity (Wildman–Crippen MR) is 111 cm³/mol. The number of ether oxygens (including phenoxy) is 3. The van der Waals surface area contributed by atoms with Crippen LogP contribution in [0.5, 0.6) is 17.2 Å². The van der Waals surface area contributed by atoms with E-state index in [-0.39, 0.29) is 23.2 Å². The van der Waals surface area contributed by atoms with Crippen LogP contribution in [0.15, 0.2) is 41.5 Å². The average Bonchev–Trinajstić information content (AvgIpc) is 2.75. The summed E-state index contributed by atoms with van der Waals surface area (Å²) in [7, 11) is 2.63. The lowest BCUT2D eigenvalue weighted by Crippen LogP contribution is -2.22. The number of methoxy groups -OCH3 is 2. The molecule has 0 aliphatic heterocycles. The second kappa shape index (κ2) is 11.0. The fraction of sp³-hybridized carbons (Fsp3) is 0.333. The SMILES string of the molecule is CCN(CC)c1ccc(C(=O)N/N=C\c2cc(OC)c(OC(F)F)c(OC)c2)cc1. The zero-order valence-electron chi connectivity index (χ0n) is 17.3. The first-order valence-electron chi connectivity index (χ1n) is 9.32. The number of carbonyl (C=O) groups is 1. The molecule has 0 aliphatic rings. The largest absolute Gasteiger partial charge is 0.493 e. The third kappa shape index (κ3) is 5.82. The maximum absolute atomic E-state index is 12.6. The molecular formula is C21H25F2N3O4. The molecule has 0 heterocycles. The van der Waals surface area contributed by atoms with Gasteiger partial charge in [0.25, 0.3) is 5.91 Å². The molecule has 0 fully saturated rings. The van der Waals surface area contributed by atoms with E-state index in [0.717, 1.165) is 18.8 Å². The third-order valence-electron chi connectivity index (χ3n) is 4.33. The van der Waals surface area contributed by atoms with Crippen molar-refractivity contribution in [1.29, 1.82) is 0 Å².